The van der Waals surface area contributed by atoms with Gasteiger partial charge < -0.3 is 14.5 Å². The van der Waals surface area contributed by atoms with Crippen molar-refractivity contribution in [3.8, 4) is 0 Å². The standard InChI is InChI=1S/C15H23N3O2/c1-12(2)10-19-11-14(15-5-4-6-20-15)16-7-13-8-17-18(3)9-13/h4-6,8-9,12,14,16H,7,10-11H2,1-3H3. The summed E-state index contributed by atoms with van der Waals surface area (Å²) < 4.78 is 13.0. The first kappa shape index (κ1) is 14.8. The van der Waals surface area contributed by atoms with Crippen molar-refractivity contribution < 1.29 is 9.15 Å². The number of furan rings is 1. The van der Waals surface area contributed by atoms with Crippen LogP contribution >= 0.6 is 0 Å². The van der Waals surface area contributed by atoms with Crippen molar-refractivity contribution in [2.24, 2.45) is 13.0 Å². The zero-order chi connectivity index (χ0) is 14.4. The molecular weight excluding hydrogens is 254 g/mol. The summed E-state index contributed by atoms with van der Waals surface area (Å²) in [6, 6.07) is 3.93. The predicted molar refractivity (Wildman–Crippen MR) is 77.2 cm³/mol. The summed E-state index contributed by atoms with van der Waals surface area (Å²) in [5.41, 5.74) is 1.15. The highest BCUT2D eigenvalue weighted by atomic mass is 16.5. The number of hydrogen-bond donors (Lipinski definition) is 1. The molecule has 0 radical (unpaired) electrons. The van der Waals surface area contributed by atoms with Gasteiger partial charge in [-0.15, -0.1) is 0 Å². The Bertz CT molecular complexity index is 491. The lowest BCUT2D eigenvalue weighted by Gasteiger charge is -2.17. The van der Waals surface area contributed by atoms with Crippen LogP contribution in [0.5, 0.6) is 0 Å². The van der Waals surface area contributed by atoms with E-state index in [1.54, 1.807) is 10.9 Å². The number of nitrogens with zero attached hydrogens (tertiary/aromatic N) is 2. The van der Waals surface area contributed by atoms with Gasteiger partial charge in [0.1, 0.15) is 5.76 Å². The van der Waals surface area contributed by atoms with E-state index in [0.717, 1.165) is 24.5 Å². The van der Waals surface area contributed by atoms with Gasteiger partial charge in [-0.25, -0.2) is 0 Å². The lowest BCUT2D eigenvalue weighted by Crippen LogP contribution is -2.25. The minimum atomic E-state index is 0.0592. The summed E-state index contributed by atoms with van der Waals surface area (Å²) >= 11 is 0. The van der Waals surface area contributed by atoms with Crippen LogP contribution in [0.4, 0.5) is 0 Å². The molecule has 0 saturated carbocycles. The molecule has 0 amide bonds. The Labute approximate surface area is 119 Å². The molecule has 2 rings (SSSR count). The summed E-state index contributed by atoms with van der Waals surface area (Å²) in [6.45, 7) is 6.39. The average molecular weight is 277 g/mol. The van der Waals surface area contributed by atoms with E-state index >= 15 is 0 Å². The van der Waals surface area contributed by atoms with Crippen molar-refractivity contribution in [1.29, 1.82) is 0 Å². The molecule has 0 aliphatic rings. The van der Waals surface area contributed by atoms with Gasteiger partial charge in [0.05, 0.1) is 25.1 Å². The highest BCUT2D eigenvalue weighted by molar-refractivity contribution is 5.07. The number of ether oxygens (including phenoxy) is 1. The molecule has 2 heterocycles. The molecule has 0 bridgehead atoms. The Kier molecular flexibility index (Phi) is 5.38. The number of aromatic nitrogens is 2. The molecular formula is C15H23N3O2. The molecule has 0 fully saturated rings. The number of aryl methyl sites for hydroxylation is 1. The monoisotopic (exact) mass is 277 g/mol. The van der Waals surface area contributed by atoms with Gasteiger partial charge in [0.15, 0.2) is 0 Å². The Balaban J connectivity index is 1.89. The van der Waals surface area contributed by atoms with E-state index in [1.807, 2.05) is 31.6 Å². The zero-order valence-electron chi connectivity index (χ0n) is 12.4. The van der Waals surface area contributed by atoms with E-state index in [4.69, 9.17) is 9.15 Å². The molecule has 1 atom stereocenters. The smallest absolute Gasteiger partial charge is 0.123 e. The Morgan fingerprint density at radius 2 is 2.25 bits per heavy atom. The minimum absolute atomic E-state index is 0.0592. The third-order valence-corrected chi connectivity index (χ3v) is 2.93. The molecule has 0 spiro atoms. The van der Waals surface area contributed by atoms with Crippen LogP contribution in [-0.4, -0.2) is 23.0 Å². The quantitative estimate of drug-likeness (QED) is 0.805. The molecule has 0 aromatic carbocycles. The molecule has 5 heteroatoms. The number of hydrogen-bond acceptors (Lipinski definition) is 4. The minimum Gasteiger partial charge on any atom is -0.468 e. The fraction of sp³-hybridized carbons (Fsp3) is 0.533. The highest BCUT2D eigenvalue weighted by Gasteiger charge is 2.14. The molecule has 110 valence electrons. The topological polar surface area (TPSA) is 52.2 Å². The van der Waals surface area contributed by atoms with Crippen LogP contribution in [0.15, 0.2) is 35.2 Å². The predicted octanol–water partition coefficient (Wildman–Crippen LogP) is 2.52. The van der Waals surface area contributed by atoms with Gasteiger partial charge in [-0.2, -0.15) is 5.10 Å². The second-order valence-electron chi connectivity index (χ2n) is 5.40. The number of nitrogens with one attached hydrogen (secondary N) is 1. The largest absolute Gasteiger partial charge is 0.468 e. The van der Waals surface area contributed by atoms with Crippen molar-refractivity contribution in [3.05, 3.63) is 42.1 Å². The first-order chi connectivity index (χ1) is 9.65. The summed E-state index contributed by atoms with van der Waals surface area (Å²) in [4.78, 5) is 0. The van der Waals surface area contributed by atoms with Crippen molar-refractivity contribution >= 4 is 0 Å². The van der Waals surface area contributed by atoms with E-state index in [1.165, 1.54) is 0 Å². The van der Waals surface area contributed by atoms with Gasteiger partial charge in [0, 0.05) is 32.0 Å². The van der Waals surface area contributed by atoms with Crippen LogP contribution in [-0.2, 0) is 18.3 Å². The lowest BCUT2D eigenvalue weighted by molar-refractivity contribution is 0.0844. The van der Waals surface area contributed by atoms with Crippen LogP contribution in [0.3, 0.4) is 0 Å². The zero-order valence-corrected chi connectivity index (χ0v) is 12.4. The molecule has 2 aromatic heterocycles. The fourth-order valence-electron chi connectivity index (χ4n) is 1.96. The first-order valence-electron chi connectivity index (χ1n) is 6.97. The maximum atomic E-state index is 5.73. The SMILES string of the molecule is CC(C)COCC(NCc1cnn(C)c1)c1ccco1. The fourth-order valence-corrected chi connectivity index (χ4v) is 1.96. The van der Waals surface area contributed by atoms with E-state index in [0.29, 0.717) is 12.5 Å². The van der Waals surface area contributed by atoms with Gasteiger partial charge in [-0.05, 0) is 18.1 Å². The number of rotatable bonds is 8. The summed E-state index contributed by atoms with van der Waals surface area (Å²) in [7, 11) is 1.92. The summed E-state index contributed by atoms with van der Waals surface area (Å²) in [5.74, 6) is 1.43. The summed E-state index contributed by atoms with van der Waals surface area (Å²) in [6.07, 6.45) is 5.55. The molecule has 1 N–H and O–H groups in total. The Hall–Kier alpha value is -1.59. The Morgan fingerprint density at radius 1 is 1.40 bits per heavy atom. The van der Waals surface area contributed by atoms with Crippen LogP contribution < -0.4 is 5.32 Å². The lowest BCUT2D eigenvalue weighted by atomic mass is 10.2. The van der Waals surface area contributed by atoms with Gasteiger partial charge in [0.25, 0.3) is 0 Å². The van der Waals surface area contributed by atoms with Gasteiger partial charge >= 0.3 is 0 Å². The molecule has 5 nitrogen and oxygen atoms in total. The molecule has 2 aromatic rings. The van der Waals surface area contributed by atoms with E-state index in [9.17, 15) is 0 Å². The highest BCUT2D eigenvalue weighted by Crippen LogP contribution is 2.15. The maximum absolute atomic E-state index is 5.73. The second kappa shape index (κ2) is 7.26. The van der Waals surface area contributed by atoms with Gasteiger partial charge in [-0.1, -0.05) is 13.8 Å². The van der Waals surface area contributed by atoms with E-state index in [-0.39, 0.29) is 6.04 Å². The normalized spacial score (nSPS) is 13.0. The van der Waals surface area contributed by atoms with Gasteiger partial charge in [0.2, 0.25) is 0 Å². The van der Waals surface area contributed by atoms with Crippen LogP contribution in [0.1, 0.15) is 31.2 Å². The van der Waals surface area contributed by atoms with Crippen molar-refractivity contribution in [3.63, 3.8) is 0 Å². The van der Waals surface area contributed by atoms with E-state index in [2.05, 4.69) is 24.3 Å². The van der Waals surface area contributed by atoms with Crippen molar-refractivity contribution in [2.75, 3.05) is 13.2 Å². The van der Waals surface area contributed by atoms with Crippen LogP contribution in [0.2, 0.25) is 0 Å². The summed E-state index contributed by atoms with van der Waals surface area (Å²) in [5, 5.41) is 7.62. The van der Waals surface area contributed by atoms with Crippen molar-refractivity contribution in [1.82, 2.24) is 15.1 Å². The van der Waals surface area contributed by atoms with Crippen LogP contribution in [0, 0.1) is 5.92 Å². The average Bonchev–Trinajstić information content (AvgIpc) is 3.04. The van der Waals surface area contributed by atoms with Crippen molar-refractivity contribution in [2.45, 2.75) is 26.4 Å². The molecule has 0 aliphatic heterocycles. The third kappa shape index (κ3) is 4.51. The Morgan fingerprint density at radius 3 is 2.85 bits per heavy atom. The molecule has 0 saturated heterocycles. The third-order valence-electron chi connectivity index (χ3n) is 2.93. The first-order valence-corrected chi connectivity index (χ1v) is 6.97. The second-order valence-corrected chi connectivity index (χ2v) is 5.40. The van der Waals surface area contributed by atoms with Gasteiger partial charge in [-0.3, -0.25) is 4.68 Å². The molecule has 20 heavy (non-hydrogen) atoms. The maximum Gasteiger partial charge on any atom is 0.123 e. The van der Waals surface area contributed by atoms with Crippen LogP contribution in [0.25, 0.3) is 0 Å². The molecule has 0 aliphatic carbocycles. The molecule has 1 unspecified atom stereocenters. The van der Waals surface area contributed by atoms with E-state index < -0.39 is 0 Å².